The van der Waals surface area contributed by atoms with Crippen molar-refractivity contribution >= 4 is 11.7 Å². The molecule has 0 radical (unpaired) electrons. The fourth-order valence-corrected chi connectivity index (χ4v) is 3.30. The lowest BCUT2D eigenvalue weighted by atomic mass is 9.97. The lowest BCUT2D eigenvalue weighted by molar-refractivity contribution is -0.125. The molecule has 0 unspecified atom stereocenters. The fraction of sp³-hybridized carbons (Fsp3) is 0.476. The molecule has 144 valence electrons. The van der Waals surface area contributed by atoms with Crippen LogP contribution in [-0.2, 0) is 4.79 Å². The van der Waals surface area contributed by atoms with Crippen LogP contribution in [0.25, 0.3) is 11.3 Å². The molecule has 0 bridgehead atoms. The van der Waals surface area contributed by atoms with Crippen LogP contribution in [0.3, 0.4) is 0 Å². The van der Waals surface area contributed by atoms with Crippen LogP contribution in [0.4, 0.5) is 10.2 Å². The van der Waals surface area contributed by atoms with Crippen molar-refractivity contribution in [2.75, 3.05) is 24.5 Å². The van der Waals surface area contributed by atoms with Gasteiger partial charge in [-0.15, -0.1) is 10.2 Å². The van der Waals surface area contributed by atoms with Crippen LogP contribution >= 0.6 is 0 Å². The number of carbonyl (C=O) groups is 1. The number of nitrogens with one attached hydrogen (secondary N) is 1. The second-order valence-electron chi connectivity index (χ2n) is 7.54. The van der Waals surface area contributed by atoms with Gasteiger partial charge >= 0.3 is 0 Å². The van der Waals surface area contributed by atoms with E-state index in [1.165, 1.54) is 12.1 Å². The van der Waals surface area contributed by atoms with Gasteiger partial charge in [-0.1, -0.05) is 13.8 Å². The van der Waals surface area contributed by atoms with Gasteiger partial charge in [-0.2, -0.15) is 0 Å². The van der Waals surface area contributed by atoms with Crippen molar-refractivity contribution in [3.63, 3.8) is 0 Å². The van der Waals surface area contributed by atoms with E-state index in [1.807, 2.05) is 12.1 Å². The molecule has 5 nitrogen and oxygen atoms in total. The number of anilines is 1. The van der Waals surface area contributed by atoms with E-state index in [4.69, 9.17) is 0 Å². The summed E-state index contributed by atoms with van der Waals surface area (Å²) in [4.78, 5) is 14.5. The minimum Gasteiger partial charge on any atom is -0.356 e. The normalized spacial score (nSPS) is 17.2. The van der Waals surface area contributed by atoms with Gasteiger partial charge in [0.2, 0.25) is 5.91 Å². The molecule has 6 heteroatoms. The standard InChI is InChI=1S/C21H27FN4O/c1-15(2)11-12-23-21(27)17-4-3-13-26(14-17)20-10-9-19(24-25-20)16-5-7-18(22)8-6-16/h5-10,15,17H,3-4,11-14H2,1-2H3,(H,23,27)/t17-/m0/s1. The second-order valence-corrected chi connectivity index (χ2v) is 7.54. The maximum atomic E-state index is 13.1. The number of nitrogens with zero attached hydrogens (tertiary/aromatic N) is 3. The monoisotopic (exact) mass is 370 g/mol. The highest BCUT2D eigenvalue weighted by molar-refractivity contribution is 5.79. The van der Waals surface area contributed by atoms with Gasteiger partial charge in [0.15, 0.2) is 5.82 Å². The highest BCUT2D eigenvalue weighted by Crippen LogP contribution is 2.23. The Morgan fingerprint density at radius 1 is 1.22 bits per heavy atom. The Morgan fingerprint density at radius 3 is 2.67 bits per heavy atom. The van der Waals surface area contributed by atoms with Crippen molar-refractivity contribution in [1.29, 1.82) is 0 Å². The first-order chi connectivity index (χ1) is 13.0. The third-order valence-corrected chi connectivity index (χ3v) is 4.93. The zero-order valence-electron chi connectivity index (χ0n) is 16.0. The Hall–Kier alpha value is -2.50. The van der Waals surface area contributed by atoms with Crippen molar-refractivity contribution < 1.29 is 9.18 Å². The first-order valence-electron chi connectivity index (χ1n) is 9.65. The number of piperidine rings is 1. The zero-order chi connectivity index (χ0) is 19.2. The van der Waals surface area contributed by atoms with E-state index in [0.717, 1.165) is 43.7 Å². The zero-order valence-corrected chi connectivity index (χ0v) is 16.0. The largest absolute Gasteiger partial charge is 0.356 e. The molecule has 0 spiro atoms. The number of carbonyl (C=O) groups excluding carboxylic acids is 1. The van der Waals surface area contributed by atoms with Crippen LogP contribution < -0.4 is 10.2 Å². The molecule has 1 aromatic carbocycles. The molecule has 2 heterocycles. The summed E-state index contributed by atoms with van der Waals surface area (Å²) in [5, 5.41) is 11.7. The highest BCUT2D eigenvalue weighted by Gasteiger charge is 2.26. The van der Waals surface area contributed by atoms with Crippen molar-refractivity contribution in [2.45, 2.75) is 33.1 Å². The van der Waals surface area contributed by atoms with E-state index in [-0.39, 0.29) is 17.6 Å². The summed E-state index contributed by atoms with van der Waals surface area (Å²) in [5.74, 6) is 1.22. The van der Waals surface area contributed by atoms with E-state index in [9.17, 15) is 9.18 Å². The van der Waals surface area contributed by atoms with Crippen molar-refractivity contribution in [1.82, 2.24) is 15.5 Å². The molecule has 27 heavy (non-hydrogen) atoms. The average Bonchev–Trinajstić information content (AvgIpc) is 2.68. The van der Waals surface area contributed by atoms with E-state index in [0.29, 0.717) is 18.2 Å². The molecule has 1 aromatic heterocycles. The molecule has 1 saturated heterocycles. The molecule has 1 aliphatic heterocycles. The predicted octanol–water partition coefficient (Wildman–Crippen LogP) is 3.66. The van der Waals surface area contributed by atoms with Crippen LogP contribution in [0.5, 0.6) is 0 Å². The van der Waals surface area contributed by atoms with Crippen molar-refractivity contribution in [3.8, 4) is 11.3 Å². The van der Waals surface area contributed by atoms with Gasteiger partial charge in [-0.3, -0.25) is 4.79 Å². The van der Waals surface area contributed by atoms with Gasteiger partial charge in [0.1, 0.15) is 5.82 Å². The average molecular weight is 370 g/mol. The SMILES string of the molecule is CC(C)CCNC(=O)[C@H]1CCCN(c2ccc(-c3ccc(F)cc3)nn2)C1. The molecule has 0 aliphatic carbocycles. The molecule has 1 atom stereocenters. The van der Waals surface area contributed by atoms with E-state index in [2.05, 4.69) is 34.3 Å². The van der Waals surface area contributed by atoms with Crippen LogP contribution in [0.1, 0.15) is 33.1 Å². The second kappa shape index (κ2) is 8.93. The molecule has 1 amide bonds. The molecule has 1 N–H and O–H groups in total. The third kappa shape index (κ3) is 5.25. The summed E-state index contributed by atoms with van der Waals surface area (Å²) in [6, 6.07) is 10.0. The Balaban J connectivity index is 1.60. The molecule has 1 fully saturated rings. The molecular formula is C21H27FN4O. The van der Waals surface area contributed by atoms with Crippen LogP contribution in [0.2, 0.25) is 0 Å². The number of halogens is 1. The maximum Gasteiger partial charge on any atom is 0.224 e. The minimum absolute atomic E-state index is 0.00973. The van der Waals surface area contributed by atoms with Crippen LogP contribution in [0, 0.1) is 17.7 Å². The number of benzene rings is 1. The topological polar surface area (TPSA) is 58.1 Å². The Labute approximate surface area is 160 Å². The maximum absolute atomic E-state index is 13.1. The number of rotatable bonds is 6. The molecule has 0 saturated carbocycles. The number of hydrogen-bond donors (Lipinski definition) is 1. The first-order valence-corrected chi connectivity index (χ1v) is 9.65. The minimum atomic E-state index is -0.269. The Kier molecular flexibility index (Phi) is 6.37. The van der Waals surface area contributed by atoms with E-state index >= 15 is 0 Å². The van der Waals surface area contributed by atoms with Gasteiger partial charge in [0, 0.05) is 25.2 Å². The first kappa shape index (κ1) is 19.3. The summed E-state index contributed by atoms with van der Waals surface area (Å²) in [6.45, 7) is 6.59. The summed E-state index contributed by atoms with van der Waals surface area (Å²) in [6.07, 6.45) is 2.87. The number of aromatic nitrogens is 2. The molecular weight excluding hydrogens is 343 g/mol. The van der Waals surface area contributed by atoms with Crippen LogP contribution in [-0.4, -0.2) is 35.7 Å². The lowest BCUT2D eigenvalue weighted by Crippen LogP contribution is -2.43. The van der Waals surface area contributed by atoms with Crippen molar-refractivity contribution in [3.05, 3.63) is 42.2 Å². The predicted molar refractivity (Wildman–Crippen MR) is 105 cm³/mol. The van der Waals surface area contributed by atoms with Gasteiger partial charge in [0.05, 0.1) is 11.6 Å². The summed E-state index contributed by atoms with van der Waals surface area (Å²) >= 11 is 0. The summed E-state index contributed by atoms with van der Waals surface area (Å²) in [7, 11) is 0. The lowest BCUT2D eigenvalue weighted by Gasteiger charge is -2.32. The summed E-state index contributed by atoms with van der Waals surface area (Å²) < 4.78 is 13.1. The molecule has 2 aromatic rings. The van der Waals surface area contributed by atoms with E-state index in [1.54, 1.807) is 12.1 Å². The van der Waals surface area contributed by atoms with Gasteiger partial charge in [-0.05, 0) is 61.6 Å². The third-order valence-electron chi connectivity index (χ3n) is 4.93. The highest BCUT2D eigenvalue weighted by atomic mass is 19.1. The smallest absolute Gasteiger partial charge is 0.224 e. The van der Waals surface area contributed by atoms with Crippen LogP contribution in [0.15, 0.2) is 36.4 Å². The number of hydrogen-bond acceptors (Lipinski definition) is 4. The Morgan fingerprint density at radius 2 is 2.00 bits per heavy atom. The van der Waals surface area contributed by atoms with Crippen molar-refractivity contribution in [2.24, 2.45) is 11.8 Å². The Bertz CT molecular complexity index is 746. The van der Waals surface area contributed by atoms with Gasteiger partial charge < -0.3 is 10.2 Å². The molecule has 3 rings (SSSR count). The van der Waals surface area contributed by atoms with Gasteiger partial charge in [0.25, 0.3) is 0 Å². The van der Waals surface area contributed by atoms with Gasteiger partial charge in [-0.25, -0.2) is 4.39 Å². The fourth-order valence-electron chi connectivity index (χ4n) is 3.30. The quantitative estimate of drug-likeness (QED) is 0.843. The summed E-state index contributed by atoms with van der Waals surface area (Å²) in [5.41, 5.74) is 1.54. The number of amides is 1. The van der Waals surface area contributed by atoms with E-state index < -0.39 is 0 Å². The molecule has 1 aliphatic rings.